The van der Waals surface area contributed by atoms with Crippen molar-refractivity contribution < 1.29 is 14.3 Å². The number of nitrogens with one attached hydrogen (secondary N) is 4. The highest BCUT2D eigenvalue weighted by Gasteiger charge is 2.41. The van der Waals surface area contributed by atoms with Gasteiger partial charge >= 0.3 is 6.09 Å². The van der Waals surface area contributed by atoms with Crippen molar-refractivity contribution >= 4 is 12.0 Å². The molecule has 3 fully saturated rings. The lowest BCUT2D eigenvalue weighted by Crippen LogP contribution is -2.45. The number of rotatable bonds is 6. The van der Waals surface area contributed by atoms with Gasteiger partial charge in [-0.05, 0) is 76.0 Å². The lowest BCUT2D eigenvalue weighted by Gasteiger charge is -2.19. The molecule has 8 heteroatoms. The minimum absolute atomic E-state index is 0.0230. The van der Waals surface area contributed by atoms with Crippen LogP contribution >= 0.6 is 0 Å². The highest BCUT2D eigenvalue weighted by Crippen LogP contribution is 2.36. The van der Waals surface area contributed by atoms with Gasteiger partial charge in [0.15, 0.2) is 0 Å². The number of carbonyl (C=O) groups is 2. The van der Waals surface area contributed by atoms with Gasteiger partial charge in [0.1, 0.15) is 6.10 Å². The third-order valence-corrected chi connectivity index (χ3v) is 6.25. The molecule has 0 spiro atoms. The number of aromatic nitrogens is 1. The molecular weight excluding hydrogens is 370 g/mol. The van der Waals surface area contributed by atoms with Crippen LogP contribution in [-0.4, -0.2) is 40.8 Å². The van der Waals surface area contributed by atoms with Crippen LogP contribution in [0.1, 0.15) is 56.7 Å². The zero-order chi connectivity index (χ0) is 20.4. The van der Waals surface area contributed by atoms with Crippen LogP contribution in [0.25, 0.3) is 0 Å². The van der Waals surface area contributed by atoms with Crippen LogP contribution < -0.4 is 21.5 Å². The largest absolute Gasteiger partial charge is 0.446 e. The third kappa shape index (κ3) is 5.45. The Labute approximate surface area is 171 Å². The fourth-order valence-electron chi connectivity index (χ4n) is 4.28. The molecule has 4 rings (SSSR count). The minimum atomic E-state index is -0.289. The molecule has 1 aromatic heterocycles. The first-order chi connectivity index (χ1) is 13.9. The van der Waals surface area contributed by atoms with Crippen molar-refractivity contribution in [1.29, 1.82) is 0 Å². The van der Waals surface area contributed by atoms with Crippen LogP contribution in [0.2, 0.25) is 0 Å². The van der Waals surface area contributed by atoms with Gasteiger partial charge in [-0.3, -0.25) is 15.2 Å². The molecule has 2 saturated carbocycles. The molecule has 4 N–H and O–H groups in total. The lowest BCUT2D eigenvalue weighted by molar-refractivity contribution is -0.121. The highest BCUT2D eigenvalue weighted by atomic mass is 16.6. The molecule has 1 aliphatic heterocycles. The summed E-state index contributed by atoms with van der Waals surface area (Å²) in [7, 11) is 0. The van der Waals surface area contributed by atoms with E-state index >= 15 is 0 Å². The molecule has 2 aliphatic carbocycles. The molecule has 0 aromatic carbocycles. The molecule has 2 heterocycles. The number of ether oxygens (including phenoxy) is 1. The summed E-state index contributed by atoms with van der Waals surface area (Å²) in [6.07, 6.45) is 7.23. The molecule has 0 radical (unpaired) electrons. The average Bonchev–Trinajstić information content (AvgIpc) is 3.05. The predicted octanol–water partition coefficient (Wildman–Crippen LogP) is 1.69. The number of amides is 2. The van der Waals surface area contributed by atoms with Gasteiger partial charge in [0.25, 0.3) is 0 Å². The molecule has 8 nitrogen and oxygen atoms in total. The fraction of sp³-hybridized carbons (Fsp3) is 0.667. The van der Waals surface area contributed by atoms with Crippen LogP contribution in [0, 0.1) is 12.8 Å². The van der Waals surface area contributed by atoms with Crippen molar-refractivity contribution in [3.05, 3.63) is 29.6 Å². The highest BCUT2D eigenvalue weighted by molar-refractivity contribution is 5.78. The van der Waals surface area contributed by atoms with Crippen molar-refractivity contribution in [1.82, 2.24) is 26.5 Å². The summed E-state index contributed by atoms with van der Waals surface area (Å²) in [5.41, 5.74) is 8.32. The van der Waals surface area contributed by atoms with Gasteiger partial charge in [-0.2, -0.15) is 0 Å². The van der Waals surface area contributed by atoms with Gasteiger partial charge in [-0.25, -0.2) is 10.2 Å². The molecule has 0 bridgehead atoms. The SMILES string of the molecule is Cc1ccnc(CC(=O)NC2CC([C@H]3CC[C@@H](OC(=O)NC4(C)CC4)C3)NN2)c1. The molecule has 1 saturated heterocycles. The Morgan fingerprint density at radius 3 is 2.86 bits per heavy atom. The normalized spacial score (nSPS) is 30.0. The zero-order valence-electron chi connectivity index (χ0n) is 17.2. The first kappa shape index (κ1) is 20.1. The van der Waals surface area contributed by atoms with E-state index in [0.717, 1.165) is 49.8 Å². The Bertz CT molecular complexity index is 766. The lowest BCUT2D eigenvalue weighted by atomic mass is 9.96. The van der Waals surface area contributed by atoms with E-state index in [1.165, 1.54) is 0 Å². The third-order valence-electron chi connectivity index (χ3n) is 6.25. The first-order valence-corrected chi connectivity index (χ1v) is 10.6. The topological polar surface area (TPSA) is 104 Å². The van der Waals surface area contributed by atoms with Crippen LogP contribution in [0.5, 0.6) is 0 Å². The Kier molecular flexibility index (Phi) is 5.74. The molecule has 2 amide bonds. The van der Waals surface area contributed by atoms with Crippen LogP contribution in [0.3, 0.4) is 0 Å². The van der Waals surface area contributed by atoms with Crippen molar-refractivity contribution in [2.75, 3.05) is 0 Å². The number of carbonyl (C=O) groups excluding carboxylic acids is 2. The van der Waals surface area contributed by atoms with Crippen LogP contribution in [-0.2, 0) is 16.0 Å². The summed E-state index contributed by atoms with van der Waals surface area (Å²) in [5.74, 6) is 0.387. The number of nitrogens with zero attached hydrogens (tertiary/aromatic N) is 1. The zero-order valence-corrected chi connectivity index (χ0v) is 17.2. The molecule has 1 aromatic rings. The summed E-state index contributed by atoms with van der Waals surface area (Å²) in [5, 5.41) is 5.98. The van der Waals surface area contributed by atoms with Crippen molar-refractivity contribution in [2.24, 2.45) is 5.92 Å². The van der Waals surface area contributed by atoms with Crippen molar-refractivity contribution in [2.45, 2.75) is 82.6 Å². The van der Waals surface area contributed by atoms with Gasteiger partial charge < -0.3 is 15.4 Å². The van der Waals surface area contributed by atoms with E-state index in [9.17, 15) is 9.59 Å². The Morgan fingerprint density at radius 1 is 1.28 bits per heavy atom. The average molecular weight is 402 g/mol. The molecule has 29 heavy (non-hydrogen) atoms. The molecular formula is C21H31N5O3. The second kappa shape index (κ2) is 8.28. The maximum atomic E-state index is 12.3. The number of alkyl carbamates (subject to hydrolysis) is 1. The van der Waals surface area contributed by atoms with E-state index < -0.39 is 0 Å². The van der Waals surface area contributed by atoms with Gasteiger partial charge in [0.05, 0.1) is 12.6 Å². The molecule has 3 aliphatic rings. The number of hydrazine groups is 1. The number of aryl methyl sites for hydroxylation is 1. The van der Waals surface area contributed by atoms with Gasteiger partial charge in [0, 0.05) is 23.5 Å². The predicted molar refractivity (Wildman–Crippen MR) is 108 cm³/mol. The maximum Gasteiger partial charge on any atom is 0.407 e. The summed E-state index contributed by atoms with van der Waals surface area (Å²) in [6, 6.07) is 4.11. The Hall–Kier alpha value is -2.19. The van der Waals surface area contributed by atoms with Gasteiger partial charge in [-0.1, -0.05) is 0 Å². The Morgan fingerprint density at radius 2 is 2.10 bits per heavy atom. The van der Waals surface area contributed by atoms with Gasteiger partial charge in [-0.15, -0.1) is 0 Å². The molecule has 4 atom stereocenters. The summed E-state index contributed by atoms with van der Waals surface area (Å²) >= 11 is 0. The maximum absolute atomic E-state index is 12.3. The number of pyridine rings is 1. The smallest absolute Gasteiger partial charge is 0.407 e. The summed E-state index contributed by atoms with van der Waals surface area (Å²) < 4.78 is 5.61. The Balaban J connectivity index is 1.19. The fourth-order valence-corrected chi connectivity index (χ4v) is 4.28. The minimum Gasteiger partial charge on any atom is -0.446 e. The quantitative estimate of drug-likeness (QED) is 0.578. The summed E-state index contributed by atoms with van der Waals surface area (Å²) in [4.78, 5) is 28.6. The molecule has 158 valence electrons. The monoisotopic (exact) mass is 401 g/mol. The van der Waals surface area contributed by atoms with E-state index in [1.54, 1.807) is 6.20 Å². The van der Waals surface area contributed by atoms with E-state index in [0.29, 0.717) is 5.92 Å². The van der Waals surface area contributed by atoms with E-state index in [4.69, 9.17) is 4.74 Å². The number of hydrogen-bond donors (Lipinski definition) is 4. The van der Waals surface area contributed by atoms with E-state index in [-0.39, 0.29) is 42.3 Å². The second-order valence-corrected chi connectivity index (χ2v) is 9.04. The van der Waals surface area contributed by atoms with E-state index in [2.05, 4.69) is 26.5 Å². The van der Waals surface area contributed by atoms with Crippen molar-refractivity contribution in [3.8, 4) is 0 Å². The standard InChI is InChI=1S/C21H31N5O3/c1-13-5-8-22-15(9-13)11-19(27)23-18-12-17(25-26-18)14-3-4-16(10-14)29-20(28)24-21(2)6-7-21/h5,8-9,14,16-18,25-26H,3-4,6-7,10-12H2,1-2H3,(H,23,27)(H,24,28)/t14-,16+,17?,18?/m0/s1. The van der Waals surface area contributed by atoms with Gasteiger partial charge in [0.2, 0.25) is 5.91 Å². The first-order valence-electron chi connectivity index (χ1n) is 10.6. The van der Waals surface area contributed by atoms with Crippen LogP contribution in [0.4, 0.5) is 4.79 Å². The second-order valence-electron chi connectivity index (χ2n) is 9.04. The van der Waals surface area contributed by atoms with Crippen LogP contribution in [0.15, 0.2) is 18.3 Å². The van der Waals surface area contributed by atoms with Crippen molar-refractivity contribution in [3.63, 3.8) is 0 Å². The van der Waals surface area contributed by atoms with E-state index in [1.807, 2.05) is 26.0 Å². The summed E-state index contributed by atoms with van der Waals surface area (Å²) in [6.45, 7) is 4.04. The number of hydrogen-bond acceptors (Lipinski definition) is 6. The molecule has 2 unspecified atom stereocenters.